The molecule has 4 nitrogen and oxygen atoms in total. The molecule has 0 unspecified atom stereocenters. The van der Waals surface area contributed by atoms with Gasteiger partial charge in [-0.3, -0.25) is 0 Å². The summed E-state index contributed by atoms with van der Waals surface area (Å²) in [5, 5.41) is 35.0. The van der Waals surface area contributed by atoms with Gasteiger partial charge in [0.15, 0.2) is 11.5 Å². The van der Waals surface area contributed by atoms with Crippen molar-refractivity contribution in [1.29, 1.82) is 0 Å². The summed E-state index contributed by atoms with van der Waals surface area (Å²) in [6.45, 7) is 3.86. The van der Waals surface area contributed by atoms with Crippen molar-refractivity contribution in [2.45, 2.75) is 13.8 Å². The molecule has 3 aromatic rings. The Hall–Kier alpha value is -3.14. The highest BCUT2D eigenvalue weighted by atomic mass is 16.3. The van der Waals surface area contributed by atoms with E-state index in [1.54, 1.807) is 30.3 Å². The van der Waals surface area contributed by atoms with Crippen LogP contribution in [-0.4, -0.2) is 20.4 Å². The third-order valence-electron chi connectivity index (χ3n) is 3.03. The van der Waals surface area contributed by atoms with Gasteiger partial charge in [0.05, 0.1) is 0 Å². The summed E-state index contributed by atoms with van der Waals surface area (Å²) >= 11 is 0. The minimum atomic E-state index is -0.0764. The molecule has 0 bridgehead atoms. The normalized spacial score (nSPS) is 9.08. The SMILES string of the molecule is Cc1ccc(O)cc1.Cc1ccccc1O.Oc1ccccc1O. The third-order valence-corrected chi connectivity index (χ3v) is 3.03. The maximum Gasteiger partial charge on any atom is 0.157 e. The first-order valence-corrected chi connectivity index (χ1v) is 7.37. The standard InChI is InChI=1S/2C7H8O.C6H6O2/c1-6-2-4-7(8)5-3-6;1-6-4-2-3-5-7(6)8;7-5-3-1-2-4-6(5)8/h2*2-5,8H,1H3;1-4,7-8H. The van der Waals surface area contributed by atoms with Gasteiger partial charge in [0.25, 0.3) is 0 Å². The van der Waals surface area contributed by atoms with Crippen molar-refractivity contribution >= 4 is 0 Å². The molecule has 0 spiro atoms. The first-order valence-electron chi connectivity index (χ1n) is 7.37. The predicted octanol–water partition coefficient (Wildman–Crippen LogP) is 4.50. The van der Waals surface area contributed by atoms with Gasteiger partial charge in [-0.1, -0.05) is 48.0 Å². The minimum absolute atomic E-state index is 0.0764. The Bertz CT molecular complexity index is 630. The van der Waals surface area contributed by atoms with Crippen molar-refractivity contribution < 1.29 is 20.4 Å². The molecule has 0 aromatic heterocycles. The molecule has 0 fully saturated rings. The van der Waals surface area contributed by atoms with Crippen molar-refractivity contribution in [1.82, 2.24) is 0 Å². The average molecular weight is 326 g/mol. The van der Waals surface area contributed by atoms with Gasteiger partial charge in [0.2, 0.25) is 0 Å². The van der Waals surface area contributed by atoms with E-state index >= 15 is 0 Å². The molecule has 0 saturated carbocycles. The number of hydrogen-bond donors (Lipinski definition) is 4. The summed E-state index contributed by atoms with van der Waals surface area (Å²) in [5.74, 6) is 0.545. The molecule has 0 amide bonds. The Balaban J connectivity index is 0.000000180. The summed E-state index contributed by atoms with van der Waals surface area (Å²) in [6.07, 6.45) is 0. The number of phenolic OH excluding ortho intramolecular Hbond substituents is 4. The lowest BCUT2D eigenvalue weighted by Gasteiger charge is -1.92. The van der Waals surface area contributed by atoms with E-state index in [9.17, 15) is 0 Å². The first kappa shape index (κ1) is 18.9. The molecule has 24 heavy (non-hydrogen) atoms. The van der Waals surface area contributed by atoms with Crippen molar-refractivity contribution in [2.75, 3.05) is 0 Å². The number of aromatic hydroxyl groups is 4. The van der Waals surface area contributed by atoms with E-state index in [2.05, 4.69) is 0 Å². The zero-order chi connectivity index (χ0) is 17.9. The zero-order valence-corrected chi connectivity index (χ0v) is 13.7. The topological polar surface area (TPSA) is 80.9 Å². The number of rotatable bonds is 0. The molecule has 0 aliphatic carbocycles. The van der Waals surface area contributed by atoms with Crippen LogP contribution in [0.1, 0.15) is 11.1 Å². The van der Waals surface area contributed by atoms with Gasteiger partial charge in [-0.05, 0) is 49.7 Å². The van der Waals surface area contributed by atoms with Crippen LogP contribution >= 0.6 is 0 Å². The summed E-state index contributed by atoms with van der Waals surface area (Å²) in [5.41, 5.74) is 2.09. The molecular formula is C20H22O4. The lowest BCUT2D eigenvalue weighted by Crippen LogP contribution is -1.68. The molecule has 0 heterocycles. The van der Waals surface area contributed by atoms with E-state index in [0.717, 1.165) is 5.56 Å². The van der Waals surface area contributed by atoms with Crippen molar-refractivity contribution in [2.24, 2.45) is 0 Å². The molecule has 4 heteroatoms. The van der Waals surface area contributed by atoms with Crippen LogP contribution in [0.4, 0.5) is 0 Å². The van der Waals surface area contributed by atoms with Crippen molar-refractivity contribution in [3.05, 3.63) is 83.9 Å². The Kier molecular flexibility index (Phi) is 7.71. The first-order chi connectivity index (χ1) is 11.4. The lowest BCUT2D eigenvalue weighted by molar-refractivity contribution is 0.404. The summed E-state index contributed by atoms with van der Waals surface area (Å²) in [7, 11) is 0. The van der Waals surface area contributed by atoms with Crippen LogP contribution in [0.15, 0.2) is 72.8 Å². The minimum Gasteiger partial charge on any atom is -0.508 e. The fourth-order valence-electron chi connectivity index (χ4n) is 1.57. The monoisotopic (exact) mass is 326 g/mol. The maximum absolute atomic E-state index is 8.92. The number of hydrogen-bond acceptors (Lipinski definition) is 4. The Morgan fingerprint density at radius 2 is 0.917 bits per heavy atom. The number of benzene rings is 3. The van der Waals surface area contributed by atoms with Crippen LogP contribution in [0.5, 0.6) is 23.0 Å². The molecule has 0 saturated heterocycles. The van der Waals surface area contributed by atoms with E-state index < -0.39 is 0 Å². The van der Waals surface area contributed by atoms with Crippen LogP contribution in [-0.2, 0) is 0 Å². The molecule has 3 aromatic carbocycles. The second-order valence-corrected chi connectivity index (χ2v) is 5.11. The van der Waals surface area contributed by atoms with Gasteiger partial charge in [0, 0.05) is 0 Å². The molecule has 0 aliphatic rings. The molecule has 4 N–H and O–H groups in total. The Morgan fingerprint density at radius 3 is 1.21 bits per heavy atom. The van der Waals surface area contributed by atoms with Crippen LogP contribution < -0.4 is 0 Å². The van der Waals surface area contributed by atoms with Gasteiger partial charge in [-0.25, -0.2) is 0 Å². The molecule has 0 atom stereocenters. The lowest BCUT2D eigenvalue weighted by atomic mass is 10.2. The highest BCUT2D eigenvalue weighted by Gasteiger charge is 1.90. The number of aryl methyl sites for hydroxylation is 2. The van der Waals surface area contributed by atoms with Gasteiger partial charge in [-0.15, -0.1) is 0 Å². The van der Waals surface area contributed by atoms with Gasteiger partial charge in [0.1, 0.15) is 11.5 Å². The Morgan fingerprint density at radius 1 is 0.500 bits per heavy atom. The van der Waals surface area contributed by atoms with Gasteiger partial charge < -0.3 is 20.4 Å². The van der Waals surface area contributed by atoms with E-state index in [1.165, 1.54) is 17.7 Å². The highest BCUT2D eigenvalue weighted by Crippen LogP contribution is 2.21. The van der Waals surface area contributed by atoms with Crippen LogP contribution in [0.3, 0.4) is 0 Å². The number of para-hydroxylation sites is 3. The maximum atomic E-state index is 8.92. The second-order valence-electron chi connectivity index (χ2n) is 5.11. The van der Waals surface area contributed by atoms with Gasteiger partial charge in [-0.2, -0.15) is 0 Å². The zero-order valence-electron chi connectivity index (χ0n) is 13.7. The van der Waals surface area contributed by atoms with E-state index in [-0.39, 0.29) is 11.5 Å². The van der Waals surface area contributed by atoms with Gasteiger partial charge >= 0.3 is 0 Å². The van der Waals surface area contributed by atoms with E-state index in [0.29, 0.717) is 11.5 Å². The fourth-order valence-corrected chi connectivity index (χ4v) is 1.57. The van der Waals surface area contributed by atoms with Crippen LogP contribution in [0.2, 0.25) is 0 Å². The smallest absolute Gasteiger partial charge is 0.157 e. The molecule has 0 aliphatic heterocycles. The summed E-state index contributed by atoms with van der Waals surface area (Å²) in [4.78, 5) is 0. The molecule has 0 radical (unpaired) electrons. The van der Waals surface area contributed by atoms with E-state index in [4.69, 9.17) is 20.4 Å². The van der Waals surface area contributed by atoms with Crippen LogP contribution in [0.25, 0.3) is 0 Å². The van der Waals surface area contributed by atoms with Crippen molar-refractivity contribution in [3.63, 3.8) is 0 Å². The number of phenols is 4. The largest absolute Gasteiger partial charge is 0.508 e. The highest BCUT2D eigenvalue weighted by molar-refractivity contribution is 5.36. The predicted molar refractivity (Wildman–Crippen MR) is 95.5 cm³/mol. The van der Waals surface area contributed by atoms with Crippen LogP contribution in [0, 0.1) is 13.8 Å². The molecule has 3 rings (SSSR count). The van der Waals surface area contributed by atoms with E-state index in [1.807, 2.05) is 44.2 Å². The molecular weight excluding hydrogens is 304 g/mol. The average Bonchev–Trinajstić information content (AvgIpc) is 2.57. The Labute approximate surface area is 141 Å². The summed E-state index contributed by atoms with van der Waals surface area (Å²) in [6, 6.07) is 20.5. The third kappa shape index (κ3) is 7.22. The quantitative estimate of drug-likeness (QED) is 0.459. The van der Waals surface area contributed by atoms with Crippen molar-refractivity contribution in [3.8, 4) is 23.0 Å². The summed E-state index contributed by atoms with van der Waals surface area (Å²) < 4.78 is 0. The fraction of sp³-hybridized carbons (Fsp3) is 0.100. The second kappa shape index (κ2) is 9.79. The molecule has 126 valence electrons.